The molecule has 0 aromatic heterocycles. The highest BCUT2D eigenvalue weighted by molar-refractivity contribution is 5.94. The van der Waals surface area contributed by atoms with E-state index in [1.165, 1.54) is 17.5 Å². The van der Waals surface area contributed by atoms with Gasteiger partial charge in [-0.05, 0) is 54.9 Å². The molecule has 120 valence electrons. The summed E-state index contributed by atoms with van der Waals surface area (Å²) in [6.07, 6.45) is 4.34. The van der Waals surface area contributed by atoms with Crippen LogP contribution in [0.2, 0.25) is 0 Å². The van der Waals surface area contributed by atoms with Crippen LogP contribution in [0.4, 0.5) is 0 Å². The number of likely N-dealkylation sites (N-methyl/N-ethyl adjacent to an activating group) is 1. The second-order valence-corrected chi connectivity index (χ2v) is 6.88. The average molecular weight is 300 g/mol. The maximum Gasteiger partial charge on any atom is 0.251 e. The van der Waals surface area contributed by atoms with Crippen LogP contribution in [0.15, 0.2) is 30.5 Å². The maximum atomic E-state index is 12.6. The molecule has 0 heterocycles. The first-order valence-corrected chi connectivity index (χ1v) is 8.17. The Labute approximate surface area is 134 Å². The Morgan fingerprint density at radius 1 is 1.27 bits per heavy atom. The van der Waals surface area contributed by atoms with Gasteiger partial charge in [-0.25, -0.2) is 0 Å². The number of hydrogen-bond donors (Lipinski definition) is 1. The number of aryl methyl sites for hydroxylation is 2. The van der Waals surface area contributed by atoms with Gasteiger partial charge in [-0.2, -0.15) is 0 Å². The Morgan fingerprint density at radius 3 is 2.59 bits per heavy atom. The van der Waals surface area contributed by atoms with Crippen LogP contribution in [-0.2, 0) is 12.8 Å². The zero-order chi connectivity index (χ0) is 16.3. The largest absolute Gasteiger partial charge is 0.380 e. The van der Waals surface area contributed by atoms with Crippen molar-refractivity contribution in [3.63, 3.8) is 0 Å². The van der Waals surface area contributed by atoms with Crippen LogP contribution in [0.3, 0.4) is 0 Å². The van der Waals surface area contributed by atoms with E-state index < -0.39 is 0 Å². The van der Waals surface area contributed by atoms with Gasteiger partial charge < -0.3 is 10.2 Å². The molecule has 0 spiro atoms. The quantitative estimate of drug-likeness (QED) is 0.873. The lowest BCUT2D eigenvalue weighted by molar-refractivity contribution is 0.0934. The standard InChI is InChI=1S/C19H28N2O/c1-13(2)11-18(14(3)21(4)5)20-19(22)17-10-9-15-7-6-8-16(15)12-17/h9-10,12-13,18H,3,6-8,11H2,1-2,4-5H3,(H,20,22). The fourth-order valence-corrected chi connectivity index (χ4v) is 3.02. The number of fused-ring (bicyclic) bond motifs is 1. The summed E-state index contributed by atoms with van der Waals surface area (Å²) in [6, 6.07) is 6.10. The number of hydrogen-bond acceptors (Lipinski definition) is 2. The van der Waals surface area contributed by atoms with Crippen molar-refractivity contribution in [2.45, 2.75) is 45.6 Å². The molecule has 0 saturated heterocycles. The van der Waals surface area contributed by atoms with Crippen LogP contribution >= 0.6 is 0 Å². The SMILES string of the molecule is C=C(C(CC(C)C)NC(=O)c1ccc2c(c1)CCC2)N(C)C. The molecule has 22 heavy (non-hydrogen) atoms. The van der Waals surface area contributed by atoms with Crippen molar-refractivity contribution in [2.24, 2.45) is 5.92 Å². The van der Waals surface area contributed by atoms with E-state index in [9.17, 15) is 4.79 Å². The number of nitrogens with one attached hydrogen (secondary N) is 1. The summed E-state index contributed by atoms with van der Waals surface area (Å²) in [5.41, 5.74) is 4.44. The van der Waals surface area contributed by atoms with Gasteiger partial charge >= 0.3 is 0 Å². The van der Waals surface area contributed by atoms with Gasteiger partial charge in [-0.1, -0.05) is 26.5 Å². The highest BCUT2D eigenvalue weighted by Gasteiger charge is 2.20. The van der Waals surface area contributed by atoms with Crippen LogP contribution in [-0.4, -0.2) is 30.9 Å². The summed E-state index contributed by atoms with van der Waals surface area (Å²) in [4.78, 5) is 14.6. The van der Waals surface area contributed by atoms with Gasteiger partial charge in [0.25, 0.3) is 5.91 Å². The van der Waals surface area contributed by atoms with E-state index in [1.54, 1.807) is 0 Å². The lowest BCUT2D eigenvalue weighted by Gasteiger charge is -2.27. The van der Waals surface area contributed by atoms with Gasteiger partial charge in [-0.3, -0.25) is 4.79 Å². The van der Waals surface area contributed by atoms with Gasteiger partial charge in [0.1, 0.15) is 0 Å². The van der Waals surface area contributed by atoms with Gasteiger partial charge in [0, 0.05) is 25.4 Å². The normalized spacial score (nSPS) is 14.6. The van der Waals surface area contributed by atoms with Crippen LogP contribution in [0.1, 0.15) is 48.2 Å². The lowest BCUT2D eigenvalue weighted by Crippen LogP contribution is -2.40. The molecule has 3 nitrogen and oxygen atoms in total. The van der Waals surface area contributed by atoms with Crippen LogP contribution in [0, 0.1) is 5.92 Å². The van der Waals surface area contributed by atoms with Gasteiger partial charge in [0.2, 0.25) is 0 Å². The molecule has 0 radical (unpaired) electrons. The molecule has 1 atom stereocenters. The molecule has 0 saturated carbocycles. The zero-order valence-electron chi connectivity index (χ0n) is 14.3. The Balaban J connectivity index is 2.11. The number of benzene rings is 1. The van der Waals surface area contributed by atoms with Gasteiger partial charge in [0.15, 0.2) is 0 Å². The number of carbonyl (C=O) groups excluding carboxylic acids is 1. The van der Waals surface area contributed by atoms with Crippen LogP contribution in [0.5, 0.6) is 0 Å². The topological polar surface area (TPSA) is 32.3 Å². The fourth-order valence-electron chi connectivity index (χ4n) is 3.02. The predicted octanol–water partition coefficient (Wildman–Crippen LogP) is 3.40. The van der Waals surface area contributed by atoms with Crippen molar-refractivity contribution in [2.75, 3.05) is 14.1 Å². The summed E-state index contributed by atoms with van der Waals surface area (Å²) >= 11 is 0. The predicted molar refractivity (Wildman–Crippen MR) is 92.0 cm³/mol. The number of nitrogens with zero attached hydrogens (tertiary/aromatic N) is 1. The van der Waals surface area contributed by atoms with Crippen molar-refractivity contribution in [3.05, 3.63) is 47.2 Å². The van der Waals surface area contributed by atoms with E-state index in [1.807, 2.05) is 25.1 Å². The van der Waals surface area contributed by atoms with E-state index in [0.29, 0.717) is 5.92 Å². The van der Waals surface area contributed by atoms with Crippen molar-refractivity contribution < 1.29 is 4.79 Å². The molecule has 0 bridgehead atoms. The third-order valence-electron chi connectivity index (χ3n) is 4.35. The molecular formula is C19H28N2O. The third-order valence-corrected chi connectivity index (χ3v) is 4.35. The number of carbonyl (C=O) groups is 1. The van der Waals surface area contributed by atoms with Crippen LogP contribution < -0.4 is 5.32 Å². The Morgan fingerprint density at radius 2 is 1.95 bits per heavy atom. The smallest absolute Gasteiger partial charge is 0.251 e. The minimum Gasteiger partial charge on any atom is -0.380 e. The van der Waals surface area contributed by atoms with E-state index in [4.69, 9.17) is 0 Å². The van der Waals surface area contributed by atoms with Gasteiger partial charge in [-0.15, -0.1) is 0 Å². The minimum atomic E-state index is -0.0178. The highest BCUT2D eigenvalue weighted by atomic mass is 16.1. The molecule has 1 aromatic rings. The van der Waals surface area contributed by atoms with Gasteiger partial charge in [0.05, 0.1) is 6.04 Å². The first-order chi connectivity index (χ1) is 10.4. The molecule has 1 N–H and O–H groups in total. The molecule has 0 aliphatic heterocycles. The zero-order valence-corrected chi connectivity index (χ0v) is 14.3. The Hall–Kier alpha value is -1.77. The number of rotatable bonds is 6. The molecule has 2 rings (SSSR count). The summed E-state index contributed by atoms with van der Waals surface area (Å²) in [7, 11) is 3.94. The average Bonchev–Trinajstić information content (AvgIpc) is 2.92. The summed E-state index contributed by atoms with van der Waals surface area (Å²) in [5.74, 6) is 0.505. The van der Waals surface area contributed by atoms with Crippen molar-refractivity contribution in [1.82, 2.24) is 10.2 Å². The fraction of sp³-hybridized carbons (Fsp3) is 0.526. The molecule has 3 heteroatoms. The van der Waals surface area contributed by atoms with Crippen molar-refractivity contribution in [3.8, 4) is 0 Å². The molecule has 0 fully saturated rings. The molecule has 1 unspecified atom stereocenters. The summed E-state index contributed by atoms with van der Waals surface area (Å²) in [6.45, 7) is 8.45. The van der Waals surface area contributed by atoms with Crippen molar-refractivity contribution >= 4 is 5.91 Å². The molecule has 1 aromatic carbocycles. The van der Waals surface area contributed by atoms with E-state index in [2.05, 4.69) is 37.9 Å². The third kappa shape index (κ3) is 3.90. The van der Waals surface area contributed by atoms with Crippen LogP contribution in [0.25, 0.3) is 0 Å². The molecular weight excluding hydrogens is 272 g/mol. The minimum absolute atomic E-state index is 0.00310. The first kappa shape index (κ1) is 16.6. The second-order valence-electron chi connectivity index (χ2n) is 6.88. The number of amides is 1. The molecule has 1 aliphatic rings. The summed E-state index contributed by atoms with van der Waals surface area (Å²) in [5, 5.41) is 3.16. The molecule has 1 aliphatic carbocycles. The first-order valence-electron chi connectivity index (χ1n) is 8.17. The Bertz CT molecular complexity index is 561. The highest BCUT2D eigenvalue weighted by Crippen LogP contribution is 2.23. The Kier molecular flexibility index (Phi) is 5.28. The van der Waals surface area contributed by atoms with Crippen molar-refractivity contribution in [1.29, 1.82) is 0 Å². The second kappa shape index (κ2) is 6.99. The monoisotopic (exact) mass is 300 g/mol. The lowest BCUT2D eigenvalue weighted by atomic mass is 10.00. The van der Waals surface area contributed by atoms with E-state index in [-0.39, 0.29) is 11.9 Å². The maximum absolute atomic E-state index is 12.6. The molecule has 1 amide bonds. The van der Waals surface area contributed by atoms with E-state index >= 15 is 0 Å². The summed E-state index contributed by atoms with van der Waals surface area (Å²) < 4.78 is 0. The van der Waals surface area contributed by atoms with E-state index in [0.717, 1.165) is 30.5 Å².